The highest BCUT2D eigenvalue weighted by Gasteiger charge is 2.24. The minimum atomic E-state index is -0.436. The molecule has 2 N–H and O–H groups in total. The van der Waals surface area contributed by atoms with E-state index in [4.69, 9.17) is 0 Å². The first kappa shape index (κ1) is 12.6. The van der Waals surface area contributed by atoms with Gasteiger partial charge in [-0.25, -0.2) is 19.3 Å². The summed E-state index contributed by atoms with van der Waals surface area (Å²) in [4.78, 5) is 17.7. The largest absolute Gasteiger partial charge is 0.394 e. The van der Waals surface area contributed by atoms with Gasteiger partial charge in [0.2, 0.25) is 0 Å². The highest BCUT2D eigenvalue weighted by atomic mass is 16.3. The first-order chi connectivity index (χ1) is 8.36. The maximum atomic E-state index is 11.5. The van der Waals surface area contributed by atoms with E-state index in [-0.39, 0.29) is 12.3 Å². The smallest absolute Gasteiger partial charge is 0.349 e. The third kappa shape index (κ3) is 1.86. The minimum absolute atomic E-state index is 0.00276. The van der Waals surface area contributed by atoms with Crippen molar-refractivity contribution in [3.05, 3.63) is 22.4 Å². The Balaban J connectivity index is 2.57. The number of anilines is 1. The second kappa shape index (κ2) is 4.09. The van der Waals surface area contributed by atoms with Gasteiger partial charge >= 0.3 is 5.69 Å². The summed E-state index contributed by atoms with van der Waals surface area (Å²) in [5.41, 5.74) is -0.220. The van der Waals surface area contributed by atoms with E-state index in [0.29, 0.717) is 17.3 Å². The molecule has 98 valence electrons. The summed E-state index contributed by atoms with van der Waals surface area (Å²) in [6, 6.07) is 1.71. The molecule has 2 rings (SSSR count). The molecule has 18 heavy (non-hydrogen) atoms. The predicted molar refractivity (Wildman–Crippen MR) is 67.9 cm³/mol. The fraction of sp³-hybridized carbons (Fsp3) is 0.545. The molecular formula is C11H17N5O2. The first-order valence-electron chi connectivity index (χ1n) is 5.66. The monoisotopic (exact) mass is 251 g/mol. The summed E-state index contributed by atoms with van der Waals surface area (Å²) in [6.45, 7) is 5.56. The number of rotatable bonds is 3. The van der Waals surface area contributed by atoms with Gasteiger partial charge in [0.15, 0.2) is 5.65 Å². The van der Waals surface area contributed by atoms with Gasteiger partial charge in [-0.15, -0.1) is 0 Å². The van der Waals surface area contributed by atoms with Crippen LogP contribution in [0.3, 0.4) is 0 Å². The van der Waals surface area contributed by atoms with E-state index in [0.717, 1.165) is 0 Å². The van der Waals surface area contributed by atoms with Crippen LogP contribution in [-0.2, 0) is 0 Å². The Bertz CT molecular complexity index is 628. The molecule has 0 aliphatic carbocycles. The van der Waals surface area contributed by atoms with E-state index in [9.17, 15) is 9.90 Å². The molecule has 0 fully saturated rings. The van der Waals surface area contributed by atoms with Gasteiger partial charge in [-0.3, -0.25) is 0 Å². The second-order valence-electron chi connectivity index (χ2n) is 4.91. The van der Waals surface area contributed by atoms with Crippen LogP contribution in [0, 0.1) is 6.92 Å². The lowest BCUT2D eigenvalue weighted by atomic mass is 10.1. The Morgan fingerprint density at radius 1 is 1.56 bits per heavy atom. The number of H-pyrrole nitrogens is 1. The summed E-state index contributed by atoms with van der Waals surface area (Å²) < 4.78 is 1.41. The SMILES string of the molecule is Cc1nc(N(C)C(C)(C)CO)cc2n[nH]c(=O)n12. The van der Waals surface area contributed by atoms with Crippen molar-refractivity contribution in [3.63, 3.8) is 0 Å². The van der Waals surface area contributed by atoms with Crippen molar-refractivity contribution in [3.8, 4) is 0 Å². The maximum absolute atomic E-state index is 11.5. The predicted octanol–water partition coefficient (Wildman–Crippen LogP) is -0.0669. The van der Waals surface area contributed by atoms with Crippen molar-refractivity contribution < 1.29 is 5.11 Å². The van der Waals surface area contributed by atoms with Crippen molar-refractivity contribution in [2.45, 2.75) is 26.3 Å². The maximum Gasteiger partial charge on any atom is 0.349 e. The van der Waals surface area contributed by atoms with Crippen LogP contribution in [0.2, 0.25) is 0 Å². The van der Waals surface area contributed by atoms with Crippen molar-refractivity contribution in [2.24, 2.45) is 0 Å². The number of likely N-dealkylation sites (N-methyl/N-ethyl adjacent to an activating group) is 1. The third-order valence-electron chi connectivity index (χ3n) is 3.20. The summed E-state index contributed by atoms with van der Waals surface area (Å²) in [6.07, 6.45) is 0. The normalized spacial score (nSPS) is 12.1. The van der Waals surface area contributed by atoms with E-state index < -0.39 is 5.54 Å². The number of nitrogens with one attached hydrogen (secondary N) is 1. The molecule has 0 unspecified atom stereocenters. The van der Waals surface area contributed by atoms with Gasteiger partial charge in [0.1, 0.15) is 11.6 Å². The highest BCUT2D eigenvalue weighted by molar-refractivity contribution is 5.52. The lowest BCUT2D eigenvalue weighted by Gasteiger charge is -2.34. The molecule has 0 amide bonds. The molecule has 0 atom stereocenters. The highest BCUT2D eigenvalue weighted by Crippen LogP contribution is 2.20. The van der Waals surface area contributed by atoms with Crippen LogP contribution in [0.15, 0.2) is 10.9 Å². The fourth-order valence-corrected chi connectivity index (χ4v) is 1.67. The van der Waals surface area contributed by atoms with E-state index in [1.807, 2.05) is 25.8 Å². The third-order valence-corrected chi connectivity index (χ3v) is 3.20. The number of aryl methyl sites for hydroxylation is 1. The Labute approximate surface area is 104 Å². The zero-order valence-electron chi connectivity index (χ0n) is 10.9. The number of aromatic amines is 1. The van der Waals surface area contributed by atoms with Crippen LogP contribution in [0.1, 0.15) is 19.7 Å². The Hall–Kier alpha value is -1.89. The van der Waals surface area contributed by atoms with E-state index in [2.05, 4.69) is 15.2 Å². The molecule has 0 spiro atoms. The number of fused-ring (bicyclic) bond motifs is 1. The van der Waals surface area contributed by atoms with Crippen LogP contribution in [0.4, 0.5) is 5.82 Å². The molecule has 2 heterocycles. The van der Waals surface area contributed by atoms with Crippen LogP contribution >= 0.6 is 0 Å². The lowest BCUT2D eigenvalue weighted by Crippen LogP contribution is -2.45. The van der Waals surface area contributed by atoms with Crippen LogP contribution < -0.4 is 10.6 Å². The zero-order valence-corrected chi connectivity index (χ0v) is 10.9. The summed E-state index contributed by atoms with van der Waals surface area (Å²) >= 11 is 0. The topological polar surface area (TPSA) is 86.5 Å². The molecule has 2 aromatic heterocycles. The molecule has 0 saturated carbocycles. The van der Waals surface area contributed by atoms with Gasteiger partial charge in [0.25, 0.3) is 0 Å². The van der Waals surface area contributed by atoms with Gasteiger partial charge in [-0.05, 0) is 20.8 Å². The number of hydrogen-bond acceptors (Lipinski definition) is 5. The van der Waals surface area contributed by atoms with Crippen molar-refractivity contribution in [2.75, 3.05) is 18.6 Å². The molecule has 0 aromatic carbocycles. The van der Waals surface area contributed by atoms with Gasteiger partial charge < -0.3 is 10.0 Å². The van der Waals surface area contributed by atoms with Gasteiger partial charge in [0, 0.05) is 13.1 Å². The van der Waals surface area contributed by atoms with Gasteiger partial charge in [-0.2, -0.15) is 5.10 Å². The van der Waals surface area contributed by atoms with Crippen molar-refractivity contribution in [1.29, 1.82) is 0 Å². The minimum Gasteiger partial charge on any atom is -0.394 e. The lowest BCUT2D eigenvalue weighted by molar-refractivity contribution is 0.215. The average Bonchev–Trinajstić information content (AvgIpc) is 2.70. The zero-order chi connectivity index (χ0) is 13.5. The quantitative estimate of drug-likeness (QED) is 0.797. The Morgan fingerprint density at radius 2 is 2.22 bits per heavy atom. The number of aliphatic hydroxyl groups is 1. The second-order valence-corrected chi connectivity index (χ2v) is 4.91. The molecule has 0 bridgehead atoms. The van der Waals surface area contributed by atoms with Crippen molar-refractivity contribution in [1.82, 2.24) is 19.6 Å². The van der Waals surface area contributed by atoms with Crippen LogP contribution in [0.25, 0.3) is 5.65 Å². The van der Waals surface area contributed by atoms with E-state index in [1.165, 1.54) is 4.40 Å². The number of aliphatic hydroxyl groups excluding tert-OH is 1. The van der Waals surface area contributed by atoms with Gasteiger partial charge in [0.05, 0.1) is 12.1 Å². The molecule has 0 radical (unpaired) electrons. The van der Waals surface area contributed by atoms with Crippen LogP contribution in [0.5, 0.6) is 0 Å². The van der Waals surface area contributed by atoms with Gasteiger partial charge in [-0.1, -0.05) is 0 Å². The van der Waals surface area contributed by atoms with Crippen LogP contribution in [-0.4, -0.2) is 43.9 Å². The Kier molecular flexibility index (Phi) is 2.86. The summed E-state index contributed by atoms with van der Waals surface area (Å²) in [7, 11) is 1.85. The molecule has 0 aliphatic rings. The molecule has 7 heteroatoms. The first-order valence-corrected chi connectivity index (χ1v) is 5.66. The number of aromatic nitrogens is 4. The molecular weight excluding hydrogens is 234 g/mol. The molecule has 2 aromatic rings. The molecule has 0 saturated heterocycles. The molecule has 7 nitrogen and oxygen atoms in total. The van der Waals surface area contributed by atoms with E-state index >= 15 is 0 Å². The fourth-order valence-electron chi connectivity index (χ4n) is 1.67. The molecule has 0 aliphatic heterocycles. The van der Waals surface area contributed by atoms with Crippen molar-refractivity contribution >= 4 is 11.5 Å². The number of hydrogen-bond donors (Lipinski definition) is 2. The average molecular weight is 251 g/mol. The Morgan fingerprint density at radius 3 is 2.83 bits per heavy atom. The number of nitrogens with zero attached hydrogens (tertiary/aromatic N) is 4. The summed E-state index contributed by atoms with van der Waals surface area (Å²) in [5, 5.41) is 15.7. The summed E-state index contributed by atoms with van der Waals surface area (Å²) in [5.74, 6) is 1.22. The van der Waals surface area contributed by atoms with E-state index in [1.54, 1.807) is 13.0 Å². The standard InChI is InChI=1S/C11H17N5O2/c1-7-12-8(15(4)11(2,3)6-17)5-9-13-14-10(18)16(7)9/h5,17H,6H2,1-4H3,(H,14,18).